The topological polar surface area (TPSA) is 262 Å². The van der Waals surface area contributed by atoms with E-state index < -0.39 is 68.9 Å². The zero-order chi connectivity index (χ0) is 50.9. The van der Waals surface area contributed by atoms with Gasteiger partial charge in [0.05, 0.1) is 27.3 Å². The number of nitrogens with one attached hydrogen (secondary N) is 1. The van der Waals surface area contributed by atoms with Gasteiger partial charge in [0.25, 0.3) is 40.5 Å². The van der Waals surface area contributed by atoms with Crippen LogP contribution < -0.4 is 71.2 Å². The molecule has 0 aromatic heterocycles. The van der Waals surface area contributed by atoms with Crippen molar-refractivity contribution < 1.29 is 114 Å². The molecule has 2 aliphatic heterocycles. The van der Waals surface area contributed by atoms with E-state index in [0.717, 1.165) is 16.7 Å². The summed E-state index contributed by atoms with van der Waals surface area (Å²) >= 11 is 0. The molecule has 1 amide bonds. The fourth-order valence-electron chi connectivity index (χ4n) is 9.17. The van der Waals surface area contributed by atoms with Crippen LogP contribution in [0.3, 0.4) is 0 Å². The maximum atomic E-state index is 12.3. The van der Waals surface area contributed by atoms with Gasteiger partial charge in [0, 0.05) is 53.1 Å². The zero-order valence-corrected chi connectivity index (χ0v) is 46.4. The summed E-state index contributed by atoms with van der Waals surface area (Å²) in [5.41, 5.74) is 4.31. The first-order valence-corrected chi connectivity index (χ1v) is 28.3. The molecular weight excluding hydrogens is 1010 g/mol. The standard InChI is InChI=1S/C48H59N3O14S4.K.H/c1-32(2)46(52)49-25-24-33-12-16-36(17-13-33)65-45-34(14-22-43-47(3,4)39-30-37(68(59,60)61)18-20-41(39)50(43)26-8-28-66(53,54)55)10-7-11-35(45)15-23-44-48(5,6)40-31-38(69(62,63)64)19-21-42(40)51(44)27-9-29-67(56,57)58;;/h12-23,30-31,43H,1,7-11,24-29H2,2-6H3,(H,49,52)(H,53,54,55)(H,56,57,58)(H,59,60,61)(H,62,63,64);;/q;+1;-1/b22-14+,35-15+,44-23+;;. The molecule has 2 heterocycles. The molecule has 1 unspecified atom stereocenters. The van der Waals surface area contributed by atoms with Gasteiger partial charge in [-0.25, -0.2) is 0 Å². The first kappa shape index (κ1) is 57.4. The Hall–Kier alpha value is -3.49. The molecule has 0 radical (unpaired) electrons. The molecule has 1 atom stereocenters. The molecule has 17 nitrogen and oxygen atoms in total. The first-order chi connectivity index (χ1) is 32.0. The quantitative estimate of drug-likeness (QED) is 0.0639. The predicted octanol–water partition coefficient (Wildman–Crippen LogP) is 4.23. The Balaban J connectivity index is 0.00000548. The van der Waals surface area contributed by atoms with Gasteiger partial charge in [0.15, 0.2) is 0 Å². The van der Waals surface area contributed by atoms with Crippen LogP contribution in [0.25, 0.3) is 0 Å². The molecule has 3 aromatic rings. The number of amides is 1. The second-order valence-electron chi connectivity index (χ2n) is 18.6. The van der Waals surface area contributed by atoms with Crippen molar-refractivity contribution in [3.05, 3.63) is 136 Å². The number of hydrogen-bond donors (Lipinski definition) is 5. The number of fused-ring (bicyclic) bond motifs is 2. The number of nitrogens with zero attached hydrogens (tertiary/aromatic N) is 2. The molecule has 0 bridgehead atoms. The summed E-state index contributed by atoms with van der Waals surface area (Å²) in [6.45, 7) is 13.6. The Morgan fingerprint density at radius 1 is 0.800 bits per heavy atom. The molecule has 0 saturated heterocycles. The number of carbonyl (C=O) groups is 1. The zero-order valence-electron chi connectivity index (χ0n) is 41.0. The van der Waals surface area contributed by atoms with Crippen LogP contribution >= 0.6 is 0 Å². The number of allylic oxidation sites excluding steroid dienone is 6. The van der Waals surface area contributed by atoms with E-state index in [1.807, 2.05) is 86.1 Å². The minimum absolute atomic E-state index is 0. The second-order valence-corrected chi connectivity index (χ2v) is 24.6. The molecule has 5 N–H and O–H groups in total. The monoisotopic (exact) mass is 1070 g/mol. The number of carbonyl (C=O) groups excluding carboxylic acids is 1. The van der Waals surface area contributed by atoms with Crippen LogP contribution in [0.2, 0.25) is 0 Å². The minimum Gasteiger partial charge on any atom is -1.00 e. The van der Waals surface area contributed by atoms with Crippen molar-refractivity contribution in [2.75, 3.05) is 40.9 Å². The van der Waals surface area contributed by atoms with Crippen LogP contribution in [-0.4, -0.2) is 95.0 Å². The van der Waals surface area contributed by atoms with E-state index in [-0.39, 0.29) is 94.4 Å². The van der Waals surface area contributed by atoms with Crippen LogP contribution in [-0.2, 0) is 62.5 Å². The van der Waals surface area contributed by atoms with Crippen LogP contribution in [0.1, 0.15) is 84.8 Å². The third kappa shape index (κ3) is 14.0. The van der Waals surface area contributed by atoms with Gasteiger partial charge in [-0.05, 0) is 128 Å². The van der Waals surface area contributed by atoms with Gasteiger partial charge in [-0.1, -0.05) is 64.6 Å². The van der Waals surface area contributed by atoms with E-state index in [0.29, 0.717) is 77.5 Å². The van der Waals surface area contributed by atoms with Crippen LogP contribution in [0.15, 0.2) is 130 Å². The Kier molecular flexibility index (Phi) is 18.3. The van der Waals surface area contributed by atoms with Gasteiger partial charge >= 0.3 is 51.4 Å². The molecule has 3 aromatic carbocycles. The number of ether oxygens (including phenoxy) is 1. The summed E-state index contributed by atoms with van der Waals surface area (Å²) in [6, 6.07) is 15.4. The van der Waals surface area contributed by atoms with Gasteiger partial charge in [0.1, 0.15) is 11.5 Å². The van der Waals surface area contributed by atoms with Crippen molar-refractivity contribution in [3.63, 3.8) is 0 Å². The van der Waals surface area contributed by atoms with E-state index in [9.17, 15) is 56.7 Å². The molecule has 0 spiro atoms. The van der Waals surface area contributed by atoms with E-state index in [1.165, 1.54) is 24.3 Å². The molecule has 0 fully saturated rings. The van der Waals surface area contributed by atoms with Crippen molar-refractivity contribution in [1.82, 2.24) is 5.32 Å². The van der Waals surface area contributed by atoms with Gasteiger partial charge in [-0.2, -0.15) is 33.7 Å². The van der Waals surface area contributed by atoms with Gasteiger partial charge in [-0.3, -0.25) is 23.0 Å². The van der Waals surface area contributed by atoms with Gasteiger partial charge in [0.2, 0.25) is 5.91 Å². The fraction of sp³-hybridized carbons (Fsp3) is 0.396. The largest absolute Gasteiger partial charge is 1.00 e. The van der Waals surface area contributed by atoms with E-state index >= 15 is 0 Å². The van der Waals surface area contributed by atoms with Crippen molar-refractivity contribution in [2.24, 2.45) is 0 Å². The average molecular weight is 1070 g/mol. The molecule has 3 aliphatic rings. The third-order valence-electron chi connectivity index (χ3n) is 12.7. The van der Waals surface area contributed by atoms with Crippen LogP contribution in [0.5, 0.6) is 5.75 Å². The summed E-state index contributed by atoms with van der Waals surface area (Å²) < 4.78 is 142. The molecule has 6 rings (SSSR count). The van der Waals surface area contributed by atoms with Gasteiger partial charge in [-0.15, -0.1) is 0 Å². The van der Waals surface area contributed by atoms with E-state index in [2.05, 4.69) is 11.9 Å². The minimum atomic E-state index is -4.57. The molecule has 0 saturated carbocycles. The maximum absolute atomic E-state index is 12.3. The second kappa shape index (κ2) is 22.3. The summed E-state index contributed by atoms with van der Waals surface area (Å²) in [5.74, 6) is -0.234. The smallest absolute Gasteiger partial charge is 1.00 e. The number of rotatable bonds is 19. The maximum Gasteiger partial charge on any atom is 1.00 e. The Bertz CT molecular complexity index is 3120. The normalized spacial score (nSPS) is 19.1. The van der Waals surface area contributed by atoms with Gasteiger partial charge < -0.3 is 21.3 Å². The SMILES string of the molecule is C=C(C)C(=O)NCCc1ccc(OC2=C(/C=C/C3N(CCCS(=O)(=O)O)c4ccc(S(=O)(=O)O)cc4C3(C)C)CCC/C2=C\C=C2\N(CCCS(=O)(=O)O)c3ccc(S(=O)(=O)O)cc3C2(C)C)cc1.[H-].[K+]. The van der Waals surface area contributed by atoms with Crippen molar-refractivity contribution in [2.45, 2.75) is 99.8 Å². The Labute approximate surface area is 455 Å². The van der Waals surface area contributed by atoms with Crippen molar-refractivity contribution in [3.8, 4) is 5.75 Å². The summed E-state index contributed by atoms with van der Waals surface area (Å²) in [4.78, 5) is 15.3. The summed E-state index contributed by atoms with van der Waals surface area (Å²) in [5, 5.41) is 2.82. The molecular formula is C48H60KN3O14S4. The molecule has 70 heavy (non-hydrogen) atoms. The number of hydrogen-bond acceptors (Lipinski definition) is 12. The number of anilines is 2. The van der Waals surface area contributed by atoms with Crippen LogP contribution in [0, 0.1) is 0 Å². The van der Waals surface area contributed by atoms with Crippen molar-refractivity contribution in [1.29, 1.82) is 0 Å². The van der Waals surface area contributed by atoms with E-state index in [4.69, 9.17) is 4.74 Å². The van der Waals surface area contributed by atoms with E-state index in [1.54, 1.807) is 19.1 Å². The molecule has 1 aliphatic carbocycles. The molecule has 376 valence electrons. The van der Waals surface area contributed by atoms with Crippen LogP contribution in [0.4, 0.5) is 11.4 Å². The van der Waals surface area contributed by atoms with Crippen molar-refractivity contribution >= 4 is 57.8 Å². The molecule has 22 heteroatoms. The fourth-order valence-corrected chi connectivity index (χ4v) is 11.2. The average Bonchev–Trinajstić information content (AvgIpc) is 3.58. The third-order valence-corrected chi connectivity index (χ3v) is 16.0. The number of benzene rings is 3. The first-order valence-electron chi connectivity index (χ1n) is 22.2. The summed E-state index contributed by atoms with van der Waals surface area (Å²) in [7, 11) is -17.7. The Morgan fingerprint density at radius 3 is 1.94 bits per heavy atom. The predicted molar refractivity (Wildman–Crippen MR) is 265 cm³/mol. The Morgan fingerprint density at radius 2 is 1.37 bits per heavy atom. The summed E-state index contributed by atoms with van der Waals surface area (Å²) in [6.07, 6.45) is 10.1.